The van der Waals surface area contributed by atoms with Gasteiger partial charge >= 0.3 is 0 Å². The molecule has 0 fully saturated rings. The van der Waals surface area contributed by atoms with Gasteiger partial charge in [-0.25, -0.2) is 14.6 Å². The molecule has 0 aliphatic heterocycles. The maximum atomic E-state index is 11.2. The van der Waals surface area contributed by atoms with Crippen molar-refractivity contribution in [2.75, 3.05) is 30.5 Å². The van der Waals surface area contributed by atoms with Gasteiger partial charge in [0, 0.05) is 13.1 Å². The first kappa shape index (κ1) is 16.8. The molecule has 22 heavy (non-hydrogen) atoms. The zero-order valence-electron chi connectivity index (χ0n) is 12.6. The van der Waals surface area contributed by atoms with Crippen molar-refractivity contribution in [3.63, 3.8) is 0 Å². The number of aromatic nitrogens is 4. The highest BCUT2D eigenvalue weighted by Crippen LogP contribution is 2.23. The number of rotatable bonds is 8. The molecule has 0 radical (unpaired) electrons. The largest absolute Gasteiger partial charge is 0.369 e. The fraction of sp³-hybridized carbons (Fsp3) is 0.538. The maximum Gasteiger partial charge on any atom is 0.234 e. The van der Waals surface area contributed by atoms with Gasteiger partial charge in [-0.2, -0.15) is 5.10 Å². The van der Waals surface area contributed by atoms with E-state index in [0.717, 1.165) is 29.8 Å². The Bertz CT molecular complexity index is 647. The molecule has 2 aromatic heterocycles. The molecule has 0 aliphatic carbocycles. The van der Waals surface area contributed by atoms with Crippen LogP contribution in [-0.2, 0) is 11.3 Å². The Morgan fingerprint density at radius 2 is 2.23 bits per heavy atom. The Kier molecular flexibility index (Phi) is 6.26. The van der Waals surface area contributed by atoms with E-state index < -0.39 is 0 Å². The van der Waals surface area contributed by atoms with E-state index in [-0.39, 0.29) is 11.8 Å². The molecule has 2 N–H and O–H groups in total. The van der Waals surface area contributed by atoms with Gasteiger partial charge in [-0.1, -0.05) is 18.7 Å². The summed E-state index contributed by atoms with van der Waals surface area (Å²) >= 11 is 6.94. The number of halogens is 1. The van der Waals surface area contributed by atoms with Crippen molar-refractivity contribution in [2.45, 2.75) is 25.0 Å². The van der Waals surface area contributed by atoms with Crippen molar-refractivity contribution >= 4 is 46.1 Å². The smallest absolute Gasteiger partial charge is 0.234 e. The van der Waals surface area contributed by atoms with E-state index in [9.17, 15) is 4.79 Å². The van der Waals surface area contributed by atoms with Crippen LogP contribution in [0.2, 0.25) is 0 Å². The third kappa shape index (κ3) is 4.01. The SMILES string of the molecule is CCCNc1nc(SC)nc2c1cnn2CCNC(=O)CCl. The van der Waals surface area contributed by atoms with E-state index in [2.05, 4.69) is 32.6 Å². The van der Waals surface area contributed by atoms with Gasteiger partial charge in [0.2, 0.25) is 5.91 Å². The molecular weight excluding hydrogens is 324 g/mol. The predicted octanol–water partition coefficient (Wildman–Crippen LogP) is 1.73. The number of nitrogens with zero attached hydrogens (tertiary/aromatic N) is 4. The second-order valence-electron chi connectivity index (χ2n) is 4.57. The zero-order valence-corrected chi connectivity index (χ0v) is 14.2. The molecule has 0 bridgehead atoms. The molecule has 0 aromatic carbocycles. The van der Waals surface area contributed by atoms with Crippen LogP contribution in [0.5, 0.6) is 0 Å². The topological polar surface area (TPSA) is 84.7 Å². The Morgan fingerprint density at radius 1 is 1.41 bits per heavy atom. The molecule has 0 spiro atoms. The van der Waals surface area contributed by atoms with E-state index in [1.54, 1.807) is 10.9 Å². The number of hydrogen-bond acceptors (Lipinski definition) is 6. The van der Waals surface area contributed by atoms with Crippen LogP contribution < -0.4 is 10.6 Å². The summed E-state index contributed by atoms with van der Waals surface area (Å²) in [6.07, 6.45) is 4.70. The number of alkyl halides is 1. The van der Waals surface area contributed by atoms with E-state index in [1.165, 1.54) is 11.8 Å². The molecule has 7 nitrogen and oxygen atoms in total. The van der Waals surface area contributed by atoms with Crippen LogP contribution in [0.4, 0.5) is 5.82 Å². The lowest BCUT2D eigenvalue weighted by molar-refractivity contribution is -0.118. The second-order valence-corrected chi connectivity index (χ2v) is 5.61. The molecule has 0 saturated carbocycles. The highest BCUT2D eigenvalue weighted by molar-refractivity contribution is 7.98. The molecular formula is C13H19ClN6OS. The van der Waals surface area contributed by atoms with Crippen LogP contribution in [0.3, 0.4) is 0 Å². The van der Waals surface area contributed by atoms with Gasteiger partial charge in [-0.3, -0.25) is 4.79 Å². The minimum absolute atomic E-state index is 0.0380. The summed E-state index contributed by atoms with van der Waals surface area (Å²) in [4.78, 5) is 20.2. The predicted molar refractivity (Wildman–Crippen MR) is 89.6 cm³/mol. The standard InChI is InChI=1S/C13H19ClN6OS/c1-3-4-16-11-9-8-17-20(6-5-15-10(21)7-14)12(9)19-13(18-11)22-2/h8H,3-7H2,1-2H3,(H,15,21)(H,16,18,19). The van der Waals surface area contributed by atoms with E-state index in [4.69, 9.17) is 11.6 Å². The van der Waals surface area contributed by atoms with Gasteiger partial charge in [0.1, 0.15) is 11.7 Å². The van der Waals surface area contributed by atoms with Crippen molar-refractivity contribution in [1.29, 1.82) is 0 Å². The van der Waals surface area contributed by atoms with Crippen LogP contribution in [0.15, 0.2) is 11.4 Å². The minimum atomic E-state index is -0.192. The molecule has 120 valence electrons. The lowest BCUT2D eigenvalue weighted by Crippen LogP contribution is -2.28. The van der Waals surface area contributed by atoms with Crippen LogP contribution in [0.25, 0.3) is 11.0 Å². The van der Waals surface area contributed by atoms with E-state index >= 15 is 0 Å². The summed E-state index contributed by atoms with van der Waals surface area (Å²) in [5, 5.41) is 11.9. The minimum Gasteiger partial charge on any atom is -0.369 e. The summed E-state index contributed by atoms with van der Waals surface area (Å²) in [5.74, 6) is 0.569. The molecule has 0 saturated heterocycles. The lowest BCUT2D eigenvalue weighted by Gasteiger charge is -2.08. The molecule has 0 unspecified atom stereocenters. The summed E-state index contributed by atoms with van der Waals surface area (Å²) < 4.78 is 1.77. The summed E-state index contributed by atoms with van der Waals surface area (Å²) in [5.41, 5.74) is 0.762. The molecule has 2 aromatic rings. The van der Waals surface area contributed by atoms with Crippen LogP contribution >= 0.6 is 23.4 Å². The highest BCUT2D eigenvalue weighted by atomic mass is 35.5. The number of fused-ring (bicyclic) bond motifs is 1. The normalized spacial score (nSPS) is 10.9. The van der Waals surface area contributed by atoms with Crippen molar-refractivity contribution in [3.05, 3.63) is 6.20 Å². The zero-order chi connectivity index (χ0) is 15.9. The van der Waals surface area contributed by atoms with Crippen molar-refractivity contribution < 1.29 is 4.79 Å². The molecule has 1 amide bonds. The lowest BCUT2D eigenvalue weighted by atomic mass is 10.3. The fourth-order valence-corrected chi connectivity index (χ4v) is 2.37. The third-order valence-corrected chi connectivity index (χ3v) is 3.76. The highest BCUT2D eigenvalue weighted by Gasteiger charge is 2.12. The van der Waals surface area contributed by atoms with Gasteiger partial charge in [-0.15, -0.1) is 11.6 Å². The second kappa shape index (κ2) is 8.19. The number of nitrogens with one attached hydrogen (secondary N) is 2. The Morgan fingerprint density at radius 3 is 2.91 bits per heavy atom. The first-order chi connectivity index (χ1) is 10.7. The third-order valence-electron chi connectivity index (χ3n) is 2.97. The van der Waals surface area contributed by atoms with Crippen molar-refractivity contribution in [1.82, 2.24) is 25.1 Å². The number of thioether (sulfide) groups is 1. The first-order valence-corrected chi connectivity index (χ1v) is 8.79. The molecule has 2 heterocycles. The van der Waals surface area contributed by atoms with Gasteiger partial charge in [-0.05, 0) is 12.7 Å². The summed E-state index contributed by atoms with van der Waals surface area (Å²) in [6.45, 7) is 3.93. The summed E-state index contributed by atoms with van der Waals surface area (Å²) in [7, 11) is 0. The quantitative estimate of drug-likeness (QED) is 0.432. The Hall–Kier alpha value is -1.54. The summed E-state index contributed by atoms with van der Waals surface area (Å²) in [6, 6.07) is 0. The number of hydrogen-bond donors (Lipinski definition) is 2. The number of carbonyl (C=O) groups excluding carboxylic acids is 1. The molecule has 0 aliphatic rings. The van der Waals surface area contributed by atoms with Crippen LogP contribution in [0.1, 0.15) is 13.3 Å². The van der Waals surface area contributed by atoms with Gasteiger partial charge in [0.25, 0.3) is 0 Å². The maximum absolute atomic E-state index is 11.2. The van der Waals surface area contributed by atoms with Crippen molar-refractivity contribution in [2.24, 2.45) is 0 Å². The average Bonchev–Trinajstić information content (AvgIpc) is 2.95. The van der Waals surface area contributed by atoms with Gasteiger partial charge < -0.3 is 10.6 Å². The average molecular weight is 343 g/mol. The monoisotopic (exact) mass is 342 g/mol. The van der Waals surface area contributed by atoms with Gasteiger partial charge in [0.05, 0.1) is 18.1 Å². The molecule has 9 heteroatoms. The Balaban J connectivity index is 2.22. The number of amides is 1. The van der Waals surface area contributed by atoms with Gasteiger partial charge in [0.15, 0.2) is 10.8 Å². The molecule has 2 rings (SSSR count). The fourth-order valence-electron chi connectivity index (χ4n) is 1.92. The van der Waals surface area contributed by atoms with Crippen molar-refractivity contribution in [3.8, 4) is 0 Å². The van der Waals surface area contributed by atoms with E-state index in [1.807, 2.05) is 6.26 Å². The Labute approximate surface area is 138 Å². The number of anilines is 1. The molecule has 0 atom stereocenters. The van der Waals surface area contributed by atoms with Crippen LogP contribution in [-0.4, -0.2) is 50.9 Å². The van der Waals surface area contributed by atoms with E-state index in [0.29, 0.717) is 18.2 Å². The first-order valence-electron chi connectivity index (χ1n) is 7.03. The number of carbonyl (C=O) groups is 1. The van der Waals surface area contributed by atoms with Crippen LogP contribution in [0, 0.1) is 0 Å².